The van der Waals surface area contributed by atoms with Crippen molar-refractivity contribution in [3.8, 4) is 0 Å². The molecule has 0 rings (SSSR count). The molecule has 2 N–H and O–H groups in total. The van der Waals surface area contributed by atoms with Crippen molar-refractivity contribution >= 4 is 5.97 Å². The molecule has 0 amide bonds. The van der Waals surface area contributed by atoms with Crippen molar-refractivity contribution in [2.24, 2.45) is 0 Å². The largest absolute Gasteiger partial charge is 0.481 e. The van der Waals surface area contributed by atoms with Crippen LogP contribution >= 0.6 is 0 Å². The second-order valence-electron chi connectivity index (χ2n) is 5.90. The Kier molecular flexibility index (Phi) is 16.0. The first-order chi connectivity index (χ1) is 11.2. The molecule has 0 aromatic rings. The molecule has 3 heteroatoms. The van der Waals surface area contributed by atoms with E-state index >= 15 is 0 Å². The normalized spacial score (nSPS) is 13.5. The molecule has 3 nitrogen and oxygen atoms in total. The van der Waals surface area contributed by atoms with Gasteiger partial charge in [-0.1, -0.05) is 56.2 Å². The van der Waals surface area contributed by atoms with Gasteiger partial charge in [-0.2, -0.15) is 0 Å². The van der Waals surface area contributed by atoms with Gasteiger partial charge in [-0.25, -0.2) is 0 Å². The molecule has 23 heavy (non-hydrogen) atoms. The Labute approximate surface area is 141 Å². The smallest absolute Gasteiger partial charge is 0.303 e. The van der Waals surface area contributed by atoms with E-state index in [1.54, 1.807) is 0 Å². The first kappa shape index (κ1) is 21.6. The van der Waals surface area contributed by atoms with Gasteiger partial charge in [0.05, 0.1) is 6.10 Å². The number of carbonyl (C=O) groups is 1. The van der Waals surface area contributed by atoms with Crippen LogP contribution in [-0.2, 0) is 4.79 Å². The Balaban J connectivity index is 3.47. The highest BCUT2D eigenvalue weighted by Crippen LogP contribution is 2.06. The van der Waals surface area contributed by atoms with Crippen molar-refractivity contribution in [1.29, 1.82) is 0 Å². The standard InChI is InChI=1S/C20H34O3/c1-2-3-4-5-10-13-16-19(21)17-14-11-8-6-7-9-12-15-18-20(22)23/h7-11,13,19,21H,2-6,12,14-18H2,1H3,(H,22,23)/t19-/m1/s1. The molecular formula is C20H34O3. The van der Waals surface area contributed by atoms with E-state index in [1.807, 2.05) is 6.08 Å². The van der Waals surface area contributed by atoms with Crippen LogP contribution in [0.4, 0.5) is 0 Å². The van der Waals surface area contributed by atoms with Gasteiger partial charge < -0.3 is 10.2 Å². The molecule has 0 spiro atoms. The number of unbranched alkanes of at least 4 members (excludes halogenated alkanes) is 4. The zero-order chi connectivity index (χ0) is 17.2. The lowest BCUT2D eigenvalue weighted by molar-refractivity contribution is -0.137. The summed E-state index contributed by atoms with van der Waals surface area (Å²) in [5.41, 5.74) is 0. The monoisotopic (exact) mass is 322 g/mol. The number of aliphatic hydroxyl groups excluding tert-OH is 1. The van der Waals surface area contributed by atoms with Crippen molar-refractivity contribution in [3.63, 3.8) is 0 Å². The quantitative estimate of drug-likeness (QED) is 0.313. The summed E-state index contributed by atoms with van der Waals surface area (Å²) in [6, 6.07) is 0. The van der Waals surface area contributed by atoms with Crippen LogP contribution in [0, 0.1) is 0 Å². The summed E-state index contributed by atoms with van der Waals surface area (Å²) in [5.74, 6) is -0.729. The SMILES string of the molecule is CCCCCC=CC[C@@H](O)CCC=CCC=CCCCC(=O)O. The van der Waals surface area contributed by atoms with Gasteiger partial charge in [-0.05, 0) is 51.4 Å². The number of aliphatic carboxylic acids is 1. The van der Waals surface area contributed by atoms with Crippen molar-refractivity contribution in [3.05, 3.63) is 36.5 Å². The fourth-order valence-electron chi connectivity index (χ4n) is 2.17. The number of hydrogen-bond donors (Lipinski definition) is 2. The van der Waals surface area contributed by atoms with Crippen molar-refractivity contribution < 1.29 is 15.0 Å². The molecule has 0 aliphatic heterocycles. The summed E-state index contributed by atoms with van der Waals surface area (Å²) in [5, 5.41) is 18.4. The van der Waals surface area contributed by atoms with Crippen LogP contribution in [0.1, 0.15) is 77.6 Å². The Morgan fingerprint density at radius 1 is 0.913 bits per heavy atom. The molecule has 0 aromatic carbocycles. The van der Waals surface area contributed by atoms with Crippen LogP contribution in [0.2, 0.25) is 0 Å². The summed E-state index contributed by atoms with van der Waals surface area (Å²) in [6.07, 6.45) is 22.3. The highest BCUT2D eigenvalue weighted by atomic mass is 16.4. The third-order valence-electron chi connectivity index (χ3n) is 3.58. The fraction of sp³-hybridized carbons (Fsp3) is 0.650. The average Bonchev–Trinajstić information content (AvgIpc) is 2.52. The van der Waals surface area contributed by atoms with Crippen molar-refractivity contribution in [1.82, 2.24) is 0 Å². The molecule has 1 atom stereocenters. The number of aliphatic hydroxyl groups is 1. The van der Waals surface area contributed by atoms with E-state index in [0.29, 0.717) is 6.42 Å². The van der Waals surface area contributed by atoms with Gasteiger partial charge in [0.2, 0.25) is 0 Å². The Hall–Kier alpha value is -1.35. The van der Waals surface area contributed by atoms with Gasteiger partial charge in [0.15, 0.2) is 0 Å². The molecule has 0 radical (unpaired) electrons. The topological polar surface area (TPSA) is 57.5 Å². The summed E-state index contributed by atoms with van der Waals surface area (Å²) in [4.78, 5) is 10.3. The van der Waals surface area contributed by atoms with E-state index in [9.17, 15) is 9.90 Å². The lowest BCUT2D eigenvalue weighted by Gasteiger charge is -2.05. The molecule has 0 aromatic heterocycles. The van der Waals surface area contributed by atoms with Gasteiger partial charge in [0.25, 0.3) is 0 Å². The maximum Gasteiger partial charge on any atom is 0.303 e. The molecule has 0 unspecified atom stereocenters. The van der Waals surface area contributed by atoms with Crippen LogP contribution in [0.15, 0.2) is 36.5 Å². The van der Waals surface area contributed by atoms with Crippen LogP contribution in [-0.4, -0.2) is 22.3 Å². The van der Waals surface area contributed by atoms with Gasteiger partial charge in [-0.3, -0.25) is 4.79 Å². The zero-order valence-electron chi connectivity index (χ0n) is 14.6. The molecule has 0 aliphatic rings. The Morgan fingerprint density at radius 3 is 2.26 bits per heavy atom. The van der Waals surface area contributed by atoms with E-state index in [-0.39, 0.29) is 12.5 Å². The minimum atomic E-state index is -0.729. The first-order valence-corrected chi connectivity index (χ1v) is 9.01. The maximum atomic E-state index is 10.3. The molecular weight excluding hydrogens is 288 g/mol. The van der Waals surface area contributed by atoms with E-state index in [1.165, 1.54) is 19.3 Å². The maximum absolute atomic E-state index is 10.3. The third-order valence-corrected chi connectivity index (χ3v) is 3.58. The number of rotatable bonds is 15. The molecule has 0 saturated carbocycles. The highest BCUT2D eigenvalue weighted by Gasteiger charge is 1.98. The molecule has 0 saturated heterocycles. The van der Waals surface area contributed by atoms with Crippen LogP contribution < -0.4 is 0 Å². The molecule has 132 valence electrons. The van der Waals surface area contributed by atoms with Gasteiger partial charge >= 0.3 is 5.97 Å². The average molecular weight is 322 g/mol. The summed E-state index contributed by atoms with van der Waals surface area (Å²) < 4.78 is 0. The van der Waals surface area contributed by atoms with E-state index < -0.39 is 5.97 Å². The summed E-state index contributed by atoms with van der Waals surface area (Å²) in [7, 11) is 0. The first-order valence-electron chi connectivity index (χ1n) is 9.01. The zero-order valence-corrected chi connectivity index (χ0v) is 14.6. The minimum absolute atomic E-state index is 0.241. The van der Waals surface area contributed by atoms with Crippen molar-refractivity contribution in [2.45, 2.75) is 83.7 Å². The number of carboxylic acid groups (broad SMARTS) is 1. The van der Waals surface area contributed by atoms with Gasteiger partial charge in [0, 0.05) is 6.42 Å². The van der Waals surface area contributed by atoms with Gasteiger partial charge in [-0.15, -0.1) is 0 Å². The number of hydrogen-bond acceptors (Lipinski definition) is 2. The predicted molar refractivity (Wildman–Crippen MR) is 97.5 cm³/mol. The second kappa shape index (κ2) is 17.0. The summed E-state index contributed by atoms with van der Waals surface area (Å²) in [6.45, 7) is 2.20. The predicted octanol–water partition coefficient (Wildman–Crippen LogP) is 5.41. The second-order valence-corrected chi connectivity index (χ2v) is 5.90. The van der Waals surface area contributed by atoms with Crippen LogP contribution in [0.3, 0.4) is 0 Å². The lowest BCUT2D eigenvalue weighted by Crippen LogP contribution is -2.03. The molecule has 0 aliphatic carbocycles. The van der Waals surface area contributed by atoms with Crippen LogP contribution in [0.25, 0.3) is 0 Å². The van der Waals surface area contributed by atoms with Crippen LogP contribution in [0.5, 0.6) is 0 Å². The molecule has 0 bridgehead atoms. The Bertz CT molecular complexity index is 356. The number of carboxylic acids is 1. The minimum Gasteiger partial charge on any atom is -0.481 e. The molecule has 0 heterocycles. The van der Waals surface area contributed by atoms with Crippen molar-refractivity contribution in [2.75, 3.05) is 0 Å². The van der Waals surface area contributed by atoms with E-state index in [4.69, 9.17) is 5.11 Å². The molecule has 0 fully saturated rings. The lowest BCUT2D eigenvalue weighted by atomic mass is 10.1. The number of allylic oxidation sites excluding steroid dienone is 5. The third kappa shape index (κ3) is 18.6. The highest BCUT2D eigenvalue weighted by molar-refractivity contribution is 5.66. The fourth-order valence-corrected chi connectivity index (χ4v) is 2.17. The van der Waals surface area contributed by atoms with E-state index in [2.05, 4.69) is 37.3 Å². The Morgan fingerprint density at radius 2 is 1.57 bits per heavy atom. The van der Waals surface area contributed by atoms with Gasteiger partial charge in [0.1, 0.15) is 0 Å². The summed E-state index contributed by atoms with van der Waals surface area (Å²) >= 11 is 0. The van der Waals surface area contributed by atoms with E-state index in [0.717, 1.165) is 38.5 Å².